The van der Waals surface area contributed by atoms with Crippen LogP contribution >= 0.6 is 0 Å². The van der Waals surface area contributed by atoms with E-state index in [4.69, 9.17) is 5.73 Å². The number of nitrogens with two attached hydrogens (primary N) is 1. The fourth-order valence-corrected chi connectivity index (χ4v) is 2.66. The molecule has 3 N–H and O–H groups in total. The third-order valence-corrected chi connectivity index (χ3v) is 3.54. The molecule has 2 atom stereocenters. The van der Waals surface area contributed by atoms with Crippen molar-refractivity contribution in [3.8, 4) is 0 Å². The molecule has 1 fully saturated rings. The van der Waals surface area contributed by atoms with Crippen LogP contribution in [0.5, 0.6) is 0 Å². The first kappa shape index (κ1) is 15.4. The minimum Gasteiger partial charge on any atom is -0.350 e. The first-order valence-corrected chi connectivity index (χ1v) is 7.13. The number of nitrogens with zero attached hydrogens (tertiary/aromatic N) is 1. The molecule has 0 aromatic rings. The topological polar surface area (TPSA) is 58.4 Å². The van der Waals surface area contributed by atoms with Gasteiger partial charge in [-0.1, -0.05) is 0 Å². The highest BCUT2D eigenvalue weighted by Gasteiger charge is 2.32. The largest absolute Gasteiger partial charge is 0.350 e. The molecule has 1 amide bonds. The van der Waals surface area contributed by atoms with Crippen molar-refractivity contribution in [1.82, 2.24) is 10.2 Å². The molecule has 1 heterocycles. The van der Waals surface area contributed by atoms with Gasteiger partial charge in [0.1, 0.15) is 0 Å². The normalized spacial score (nSPS) is 23.1. The predicted octanol–water partition coefficient (Wildman–Crippen LogP) is 1.49. The van der Waals surface area contributed by atoms with Gasteiger partial charge in [0.15, 0.2) is 0 Å². The van der Waals surface area contributed by atoms with Crippen molar-refractivity contribution in [2.45, 2.75) is 71.0 Å². The smallest absolute Gasteiger partial charge is 0.237 e. The second-order valence-electron chi connectivity index (χ2n) is 6.38. The second kappa shape index (κ2) is 6.53. The fourth-order valence-electron chi connectivity index (χ4n) is 2.66. The Morgan fingerprint density at radius 3 is 2.72 bits per heavy atom. The fraction of sp³-hybridized carbons (Fsp3) is 0.929. The molecule has 0 aliphatic carbocycles. The third kappa shape index (κ3) is 4.58. The van der Waals surface area contributed by atoms with Gasteiger partial charge < -0.3 is 11.1 Å². The van der Waals surface area contributed by atoms with Crippen molar-refractivity contribution < 1.29 is 4.79 Å². The second-order valence-corrected chi connectivity index (χ2v) is 6.38. The quantitative estimate of drug-likeness (QED) is 0.782. The van der Waals surface area contributed by atoms with Crippen molar-refractivity contribution in [2.24, 2.45) is 5.73 Å². The Balaban J connectivity index is 2.53. The highest BCUT2D eigenvalue weighted by atomic mass is 16.2. The molecule has 0 aromatic heterocycles. The van der Waals surface area contributed by atoms with Crippen molar-refractivity contribution in [2.75, 3.05) is 13.1 Å². The molecule has 1 aliphatic heterocycles. The lowest BCUT2D eigenvalue weighted by molar-refractivity contribution is -0.127. The number of carbonyl (C=O) groups excluding carboxylic acids is 1. The van der Waals surface area contributed by atoms with Gasteiger partial charge in [-0.05, 0) is 66.5 Å². The molecule has 0 spiro atoms. The van der Waals surface area contributed by atoms with Gasteiger partial charge in [0, 0.05) is 11.6 Å². The zero-order valence-corrected chi connectivity index (χ0v) is 12.3. The Kier molecular flexibility index (Phi) is 5.60. The third-order valence-electron chi connectivity index (χ3n) is 3.54. The van der Waals surface area contributed by atoms with Crippen LogP contribution in [0.1, 0.15) is 53.4 Å². The van der Waals surface area contributed by atoms with E-state index in [0.717, 1.165) is 25.9 Å². The average molecular weight is 255 g/mol. The zero-order chi connectivity index (χ0) is 13.8. The predicted molar refractivity (Wildman–Crippen MR) is 75.4 cm³/mol. The molecule has 0 bridgehead atoms. The molecule has 4 nitrogen and oxygen atoms in total. The van der Waals surface area contributed by atoms with E-state index in [9.17, 15) is 4.79 Å². The zero-order valence-electron chi connectivity index (χ0n) is 12.3. The maximum atomic E-state index is 12.2. The van der Waals surface area contributed by atoms with E-state index in [-0.39, 0.29) is 17.5 Å². The van der Waals surface area contributed by atoms with Crippen LogP contribution in [0.3, 0.4) is 0 Å². The van der Waals surface area contributed by atoms with E-state index in [1.165, 1.54) is 12.8 Å². The van der Waals surface area contributed by atoms with Crippen molar-refractivity contribution >= 4 is 5.91 Å². The molecule has 1 saturated heterocycles. The number of amides is 1. The van der Waals surface area contributed by atoms with E-state index in [1.54, 1.807) is 0 Å². The van der Waals surface area contributed by atoms with Crippen molar-refractivity contribution in [1.29, 1.82) is 0 Å². The minimum absolute atomic E-state index is 0.0329. The van der Waals surface area contributed by atoms with Crippen LogP contribution < -0.4 is 11.1 Å². The standard InChI is InChI=1S/C14H29N3O/c1-11(13(18)16-14(2,3)4)17-10-6-8-12(17)7-5-9-15/h11-12H,5-10,15H2,1-4H3,(H,16,18). The number of rotatable bonds is 5. The molecule has 4 heteroatoms. The van der Waals surface area contributed by atoms with Crippen LogP contribution in [0.15, 0.2) is 0 Å². The lowest BCUT2D eigenvalue weighted by Crippen LogP contribution is -2.52. The highest BCUT2D eigenvalue weighted by molar-refractivity contribution is 5.82. The molecule has 2 unspecified atom stereocenters. The monoisotopic (exact) mass is 255 g/mol. The van der Waals surface area contributed by atoms with Crippen LogP contribution in [0.25, 0.3) is 0 Å². The van der Waals surface area contributed by atoms with Gasteiger partial charge in [0.25, 0.3) is 0 Å². The molecule has 0 saturated carbocycles. The van der Waals surface area contributed by atoms with Gasteiger partial charge in [-0.3, -0.25) is 9.69 Å². The van der Waals surface area contributed by atoms with Gasteiger partial charge in [-0.25, -0.2) is 0 Å². The van der Waals surface area contributed by atoms with E-state index in [1.807, 2.05) is 27.7 Å². The number of hydrogen-bond acceptors (Lipinski definition) is 3. The van der Waals surface area contributed by atoms with E-state index >= 15 is 0 Å². The van der Waals surface area contributed by atoms with Crippen LogP contribution in [0, 0.1) is 0 Å². The number of nitrogens with one attached hydrogen (secondary N) is 1. The van der Waals surface area contributed by atoms with Gasteiger partial charge >= 0.3 is 0 Å². The Morgan fingerprint density at radius 2 is 2.17 bits per heavy atom. The lowest BCUT2D eigenvalue weighted by atomic mass is 10.1. The van der Waals surface area contributed by atoms with Gasteiger partial charge in [-0.15, -0.1) is 0 Å². The summed E-state index contributed by atoms with van der Waals surface area (Å²) in [5, 5.41) is 3.07. The van der Waals surface area contributed by atoms with E-state index in [2.05, 4.69) is 10.2 Å². The summed E-state index contributed by atoms with van der Waals surface area (Å²) in [6, 6.07) is 0.503. The first-order valence-electron chi connectivity index (χ1n) is 7.13. The number of likely N-dealkylation sites (tertiary alicyclic amines) is 1. The summed E-state index contributed by atoms with van der Waals surface area (Å²) in [7, 11) is 0. The maximum absolute atomic E-state index is 12.2. The Labute approximate surface area is 111 Å². The lowest BCUT2D eigenvalue weighted by Gasteiger charge is -2.32. The van der Waals surface area contributed by atoms with Crippen LogP contribution in [0.4, 0.5) is 0 Å². The van der Waals surface area contributed by atoms with E-state index < -0.39 is 0 Å². The summed E-state index contributed by atoms with van der Waals surface area (Å²) in [4.78, 5) is 14.5. The van der Waals surface area contributed by atoms with Gasteiger partial charge in [-0.2, -0.15) is 0 Å². The summed E-state index contributed by atoms with van der Waals surface area (Å²) in [6.07, 6.45) is 4.56. The maximum Gasteiger partial charge on any atom is 0.237 e. The van der Waals surface area contributed by atoms with E-state index in [0.29, 0.717) is 6.04 Å². The Bertz CT molecular complexity index is 273. The summed E-state index contributed by atoms with van der Waals surface area (Å²) >= 11 is 0. The molecule has 0 radical (unpaired) electrons. The summed E-state index contributed by atoms with van der Waals surface area (Å²) in [5.41, 5.74) is 5.42. The number of carbonyl (C=O) groups is 1. The van der Waals surface area contributed by atoms with Gasteiger partial charge in [0.05, 0.1) is 6.04 Å². The van der Waals surface area contributed by atoms with Crippen LogP contribution in [-0.4, -0.2) is 41.5 Å². The molecule has 106 valence electrons. The highest BCUT2D eigenvalue weighted by Crippen LogP contribution is 2.23. The molecular weight excluding hydrogens is 226 g/mol. The molecule has 1 rings (SSSR count). The molecular formula is C14H29N3O. The molecule has 18 heavy (non-hydrogen) atoms. The average Bonchev–Trinajstić information content (AvgIpc) is 2.70. The van der Waals surface area contributed by atoms with Crippen LogP contribution in [0.2, 0.25) is 0 Å². The van der Waals surface area contributed by atoms with Crippen molar-refractivity contribution in [3.05, 3.63) is 0 Å². The summed E-state index contributed by atoms with van der Waals surface area (Å²) < 4.78 is 0. The van der Waals surface area contributed by atoms with Crippen molar-refractivity contribution in [3.63, 3.8) is 0 Å². The van der Waals surface area contributed by atoms with Crippen LogP contribution in [-0.2, 0) is 4.79 Å². The summed E-state index contributed by atoms with van der Waals surface area (Å²) in [5.74, 6) is 0.141. The SMILES string of the molecule is CC(C(=O)NC(C)(C)C)N1CCCC1CCCN. The summed E-state index contributed by atoms with van der Waals surface area (Å²) in [6.45, 7) is 9.86. The first-order chi connectivity index (χ1) is 8.35. The van der Waals surface area contributed by atoms with Gasteiger partial charge in [0.2, 0.25) is 5.91 Å². The minimum atomic E-state index is -0.155. The molecule has 1 aliphatic rings. The molecule has 0 aromatic carbocycles. The Morgan fingerprint density at radius 1 is 1.50 bits per heavy atom. The number of hydrogen-bond donors (Lipinski definition) is 2. The Hall–Kier alpha value is -0.610.